The maximum atomic E-state index is 12.8. The summed E-state index contributed by atoms with van der Waals surface area (Å²) in [4.78, 5) is 25.8. The summed E-state index contributed by atoms with van der Waals surface area (Å²) >= 11 is 0. The van der Waals surface area contributed by atoms with E-state index in [1.807, 2.05) is 54.6 Å². The van der Waals surface area contributed by atoms with Gasteiger partial charge in [-0.1, -0.05) is 36.4 Å². The third kappa shape index (κ3) is 3.07. The number of hydrogen-bond acceptors (Lipinski definition) is 4. The molecule has 25 heavy (non-hydrogen) atoms. The van der Waals surface area contributed by atoms with Crippen molar-refractivity contribution in [3.63, 3.8) is 0 Å². The van der Waals surface area contributed by atoms with Crippen LogP contribution in [0.25, 0.3) is 22.3 Å². The maximum absolute atomic E-state index is 12.8. The smallest absolute Gasteiger partial charge is 0.256 e. The van der Waals surface area contributed by atoms with Crippen LogP contribution in [0.3, 0.4) is 0 Å². The SMILES string of the molecule is O=C(Nc1ccccc1)c1cc(-c2cnccn2)nc2ccccc12. The molecule has 5 heteroatoms. The first-order chi connectivity index (χ1) is 12.3. The number of benzene rings is 2. The molecule has 0 atom stereocenters. The summed E-state index contributed by atoms with van der Waals surface area (Å²) in [5, 5.41) is 3.72. The molecule has 4 aromatic rings. The van der Waals surface area contributed by atoms with E-state index < -0.39 is 0 Å². The lowest BCUT2D eigenvalue weighted by atomic mass is 10.1. The minimum absolute atomic E-state index is 0.185. The monoisotopic (exact) mass is 326 g/mol. The standard InChI is InChI=1S/C20H14N4O/c25-20(23-14-6-2-1-3-7-14)16-12-18(19-13-21-10-11-22-19)24-17-9-5-4-8-15(16)17/h1-13H,(H,23,25). The Bertz CT molecular complexity index is 1030. The van der Waals surface area contributed by atoms with Crippen LogP contribution in [0.2, 0.25) is 0 Å². The maximum Gasteiger partial charge on any atom is 0.256 e. The van der Waals surface area contributed by atoms with E-state index >= 15 is 0 Å². The summed E-state index contributed by atoms with van der Waals surface area (Å²) in [6, 6.07) is 18.7. The Morgan fingerprint density at radius 2 is 1.68 bits per heavy atom. The number of nitrogens with zero attached hydrogens (tertiary/aromatic N) is 3. The van der Waals surface area contributed by atoms with Gasteiger partial charge in [0.2, 0.25) is 0 Å². The first-order valence-corrected chi connectivity index (χ1v) is 7.84. The van der Waals surface area contributed by atoms with Crippen molar-refractivity contribution in [1.29, 1.82) is 0 Å². The fourth-order valence-corrected chi connectivity index (χ4v) is 2.65. The van der Waals surface area contributed by atoms with Crippen molar-refractivity contribution in [1.82, 2.24) is 15.0 Å². The predicted octanol–water partition coefficient (Wildman–Crippen LogP) is 3.94. The van der Waals surface area contributed by atoms with Crippen LogP contribution in [-0.4, -0.2) is 20.9 Å². The van der Waals surface area contributed by atoms with Gasteiger partial charge in [0.1, 0.15) is 5.69 Å². The van der Waals surface area contributed by atoms with Crippen molar-refractivity contribution in [3.8, 4) is 11.4 Å². The molecule has 0 bridgehead atoms. The molecule has 0 aliphatic heterocycles. The minimum Gasteiger partial charge on any atom is -0.322 e. The number of rotatable bonds is 3. The molecule has 120 valence electrons. The summed E-state index contributed by atoms with van der Waals surface area (Å²) in [5.74, 6) is -0.185. The zero-order valence-electron chi connectivity index (χ0n) is 13.3. The van der Waals surface area contributed by atoms with E-state index in [1.54, 1.807) is 24.7 Å². The number of pyridine rings is 1. The summed E-state index contributed by atoms with van der Waals surface area (Å²) in [5.41, 5.74) is 3.28. The van der Waals surface area contributed by atoms with Gasteiger partial charge in [-0.15, -0.1) is 0 Å². The minimum atomic E-state index is -0.185. The second-order valence-corrected chi connectivity index (χ2v) is 5.48. The molecule has 1 amide bonds. The van der Waals surface area contributed by atoms with Crippen LogP contribution in [0.1, 0.15) is 10.4 Å². The van der Waals surface area contributed by atoms with Crippen molar-refractivity contribution in [3.05, 3.63) is 84.8 Å². The summed E-state index contributed by atoms with van der Waals surface area (Å²) in [6.07, 6.45) is 4.85. The second-order valence-electron chi connectivity index (χ2n) is 5.48. The van der Waals surface area contributed by atoms with Gasteiger partial charge in [-0.05, 0) is 24.3 Å². The van der Waals surface area contributed by atoms with E-state index in [0.29, 0.717) is 17.0 Å². The molecule has 0 saturated carbocycles. The number of fused-ring (bicyclic) bond motifs is 1. The highest BCUT2D eigenvalue weighted by Gasteiger charge is 2.14. The molecule has 2 aromatic heterocycles. The number of nitrogens with one attached hydrogen (secondary N) is 1. The second kappa shape index (κ2) is 6.49. The Kier molecular flexibility index (Phi) is 3.88. The molecule has 0 saturated heterocycles. The largest absolute Gasteiger partial charge is 0.322 e. The molecule has 0 unspecified atom stereocenters. The van der Waals surface area contributed by atoms with Gasteiger partial charge in [0.05, 0.1) is 23.0 Å². The van der Waals surface area contributed by atoms with E-state index in [2.05, 4.69) is 20.3 Å². The lowest BCUT2D eigenvalue weighted by Crippen LogP contribution is -2.13. The molecule has 0 radical (unpaired) electrons. The number of hydrogen-bond donors (Lipinski definition) is 1. The van der Waals surface area contributed by atoms with Crippen LogP contribution in [0.15, 0.2) is 79.3 Å². The lowest BCUT2D eigenvalue weighted by Gasteiger charge is -2.10. The molecule has 4 rings (SSSR count). The van der Waals surface area contributed by atoms with Crippen LogP contribution in [0, 0.1) is 0 Å². The fraction of sp³-hybridized carbons (Fsp3) is 0. The molecular formula is C20H14N4O. The first-order valence-electron chi connectivity index (χ1n) is 7.84. The number of carbonyl (C=O) groups excluding carboxylic acids is 1. The van der Waals surface area contributed by atoms with E-state index in [9.17, 15) is 4.79 Å². The molecular weight excluding hydrogens is 312 g/mol. The zero-order chi connectivity index (χ0) is 17.1. The normalized spacial score (nSPS) is 10.6. The van der Waals surface area contributed by atoms with Crippen LogP contribution in [0.5, 0.6) is 0 Å². The van der Waals surface area contributed by atoms with E-state index in [4.69, 9.17) is 0 Å². The van der Waals surface area contributed by atoms with Crippen molar-refractivity contribution >= 4 is 22.5 Å². The summed E-state index contributed by atoms with van der Waals surface area (Å²) < 4.78 is 0. The average Bonchev–Trinajstić information content (AvgIpc) is 2.68. The quantitative estimate of drug-likeness (QED) is 0.619. The molecule has 5 nitrogen and oxygen atoms in total. The lowest BCUT2D eigenvalue weighted by molar-refractivity contribution is 0.102. The van der Waals surface area contributed by atoms with Crippen LogP contribution >= 0.6 is 0 Å². The van der Waals surface area contributed by atoms with Gasteiger partial charge in [0, 0.05) is 23.5 Å². The van der Waals surface area contributed by atoms with Gasteiger partial charge in [-0.2, -0.15) is 0 Å². The van der Waals surface area contributed by atoms with E-state index in [1.165, 1.54) is 0 Å². The fourth-order valence-electron chi connectivity index (χ4n) is 2.65. The number of para-hydroxylation sites is 2. The highest BCUT2D eigenvalue weighted by molar-refractivity contribution is 6.13. The first kappa shape index (κ1) is 15.0. The zero-order valence-corrected chi connectivity index (χ0v) is 13.3. The molecule has 1 N–H and O–H groups in total. The van der Waals surface area contributed by atoms with E-state index in [0.717, 1.165) is 16.6 Å². The Hall–Kier alpha value is -3.60. The predicted molar refractivity (Wildman–Crippen MR) is 97.2 cm³/mol. The van der Waals surface area contributed by atoms with Crippen molar-refractivity contribution in [2.75, 3.05) is 5.32 Å². The Morgan fingerprint density at radius 1 is 0.880 bits per heavy atom. The van der Waals surface area contributed by atoms with Gasteiger partial charge in [-0.3, -0.25) is 14.8 Å². The Morgan fingerprint density at radius 3 is 2.48 bits per heavy atom. The Labute approximate surface area is 144 Å². The van der Waals surface area contributed by atoms with Gasteiger partial charge in [0.25, 0.3) is 5.91 Å². The topological polar surface area (TPSA) is 67.8 Å². The summed E-state index contributed by atoms with van der Waals surface area (Å²) in [6.45, 7) is 0. The van der Waals surface area contributed by atoms with Gasteiger partial charge in [-0.25, -0.2) is 4.98 Å². The van der Waals surface area contributed by atoms with Gasteiger partial charge in [0.15, 0.2) is 0 Å². The van der Waals surface area contributed by atoms with Gasteiger partial charge < -0.3 is 5.32 Å². The number of anilines is 1. The molecule has 0 spiro atoms. The van der Waals surface area contributed by atoms with Gasteiger partial charge >= 0.3 is 0 Å². The van der Waals surface area contributed by atoms with Crippen molar-refractivity contribution in [2.45, 2.75) is 0 Å². The highest BCUT2D eigenvalue weighted by atomic mass is 16.1. The van der Waals surface area contributed by atoms with Crippen molar-refractivity contribution < 1.29 is 4.79 Å². The average molecular weight is 326 g/mol. The highest BCUT2D eigenvalue weighted by Crippen LogP contribution is 2.24. The molecule has 2 heterocycles. The summed E-state index contributed by atoms with van der Waals surface area (Å²) in [7, 11) is 0. The molecule has 0 aliphatic rings. The van der Waals surface area contributed by atoms with Crippen molar-refractivity contribution in [2.24, 2.45) is 0 Å². The molecule has 2 aromatic carbocycles. The van der Waals surface area contributed by atoms with E-state index in [-0.39, 0.29) is 5.91 Å². The number of carbonyl (C=O) groups is 1. The third-order valence-corrected chi connectivity index (χ3v) is 3.82. The number of aromatic nitrogens is 3. The number of amides is 1. The van der Waals surface area contributed by atoms with Crippen LogP contribution in [0.4, 0.5) is 5.69 Å². The van der Waals surface area contributed by atoms with Crippen LogP contribution in [-0.2, 0) is 0 Å². The van der Waals surface area contributed by atoms with Crippen LogP contribution < -0.4 is 5.32 Å². The molecule has 0 aliphatic carbocycles. The third-order valence-electron chi connectivity index (χ3n) is 3.82. The Balaban J connectivity index is 1.83. The molecule has 0 fully saturated rings.